The molecule has 1 heterocycles. The molecule has 0 fully saturated rings. The van der Waals surface area contributed by atoms with E-state index in [9.17, 15) is 13.2 Å². The van der Waals surface area contributed by atoms with Crippen LogP contribution in [0.2, 0.25) is 0 Å². The van der Waals surface area contributed by atoms with E-state index in [0.717, 1.165) is 13.0 Å². The van der Waals surface area contributed by atoms with Gasteiger partial charge >= 0.3 is 6.18 Å². The molecule has 0 aliphatic carbocycles. The maximum atomic E-state index is 12.0. The Morgan fingerprint density at radius 2 is 2.18 bits per heavy atom. The second-order valence-corrected chi connectivity index (χ2v) is 3.96. The lowest BCUT2D eigenvalue weighted by Crippen LogP contribution is -2.19. The summed E-state index contributed by atoms with van der Waals surface area (Å²) in [6.07, 6.45) is -2.84. The summed E-state index contributed by atoms with van der Waals surface area (Å²) in [6.45, 7) is 4.72. The van der Waals surface area contributed by atoms with Crippen LogP contribution in [0.15, 0.2) is 10.6 Å². The molecule has 0 aliphatic heterocycles. The highest BCUT2D eigenvalue weighted by atomic mass is 19.4. The maximum absolute atomic E-state index is 12.0. The normalized spacial score (nSPS) is 13.9. The topological polar surface area (TPSA) is 38.1 Å². The van der Waals surface area contributed by atoms with E-state index >= 15 is 0 Å². The summed E-state index contributed by atoms with van der Waals surface area (Å²) in [7, 11) is 0. The molecule has 0 spiro atoms. The first-order valence-corrected chi connectivity index (χ1v) is 5.67. The van der Waals surface area contributed by atoms with Crippen LogP contribution in [0.5, 0.6) is 0 Å². The highest BCUT2D eigenvalue weighted by Crippen LogP contribution is 2.23. The number of nitrogens with zero attached hydrogens (tertiary/aromatic N) is 1. The van der Waals surface area contributed by atoms with Crippen LogP contribution in [0.1, 0.15) is 44.4 Å². The number of aryl methyl sites for hydroxylation is 1. The number of alkyl halides is 3. The molecule has 3 nitrogen and oxygen atoms in total. The third-order valence-electron chi connectivity index (χ3n) is 2.30. The Labute approximate surface area is 98.4 Å². The van der Waals surface area contributed by atoms with E-state index in [1.165, 1.54) is 6.20 Å². The van der Waals surface area contributed by atoms with E-state index in [2.05, 4.69) is 10.3 Å². The molecule has 17 heavy (non-hydrogen) atoms. The van der Waals surface area contributed by atoms with Crippen molar-refractivity contribution in [3.8, 4) is 0 Å². The van der Waals surface area contributed by atoms with Gasteiger partial charge in [-0.25, -0.2) is 4.98 Å². The number of halogens is 3. The van der Waals surface area contributed by atoms with Gasteiger partial charge in [-0.05, 0) is 19.9 Å². The Morgan fingerprint density at radius 1 is 1.47 bits per heavy atom. The Balaban J connectivity index is 2.47. The monoisotopic (exact) mass is 250 g/mol. The minimum absolute atomic E-state index is 0.0745. The molecule has 1 N–H and O–H groups in total. The predicted molar refractivity (Wildman–Crippen MR) is 57.6 cm³/mol. The SMILES string of the molecule is CCCNC(C)c1ncc(CCC(F)(F)F)o1. The second kappa shape index (κ2) is 6.05. The number of hydrogen-bond donors (Lipinski definition) is 1. The van der Waals surface area contributed by atoms with Gasteiger partial charge in [-0.1, -0.05) is 6.92 Å². The molecule has 0 saturated carbocycles. The van der Waals surface area contributed by atoms with Crippen molar-refractivity contribution in [2.45, 2.75) is 45.3 Å². The fourth-order valence-corrected chi connectivity index (χ4v) is 1.35. The van der Waals surface area contributed by atoms with Crippen LogP contribution < -0.4 is 5.32 Å². The molecule has 1 rings (SSSR count). The number of aromatic nitrogens is 1. The van der Waals surface area contributed by atoms with Crippen molar-refractivity contribution >= 4 is 0 Å². The van der Waals surface area contributed by atoms with Crippen molar-refractivity contribution in [1.29, 1.82) is 0 Å². The quantitative estimate of drug-likeness (QED) is 0.842. The number of hydrogen-bond acceptors (Lipinski definition) is 3. The van der Waals surface area contributed by atoms with Crippen LogP contribution in [-0.2, 0) is 6.42 Å². The summed E-state index contributed by atoms with van der Waals surface area (Å²) in [4.78, 5) is 3.97. The third-order valence-corrected chi connectivity index (χ3v) is 2.30. The minimum atomic E-state index is -4.15. The molecular weight excluding hydrogens is 233 g/mol. The summed E-state index contributed by atoms with van der Waals surface area (Å²) in [5, 5.41) is 3.16. The third kappa shape index (κ3) is 5.21. The Hall–Kier alpha value is -1.04. The van der Waals surface area contributed by atoms with E-state index in [1.807, 2.05) is 13.8 Å². The van der Waals surface area contributed by atoms with Crippen molar-refractivity contribution < 1.29 is 17.6 Å². The molecule has 0 saturated heterocycles. The van der Waals surface area contributed by atoms with Gasteiger partial charge in [-0.3, -0.25) is 0 Å². The summed E-state index contributed by atoms with van der Waals surface area (Å²) in [5.41, 5.74) is 0. The predicted octanol–water partition coefficient (Wildman–Crippen LogP) is 3.23. The molecule has 0 bridgehead atoms. The van der Waals surface area contributed by atoms with Gasteiger partial charge in [0, 0.05) is 6.42 Å². The number of oxazole rings is 1. The zero-order chi connectivity index (χ0) is 12.9. The van der Waals surface area contributed by atoms with Gasteiger partial charge in [0.25, 0.3) is 0 Å². The van der Waals surface area contributed by atoms with Gasteiger partial charge in [0.1, 0.15) is 5.76 Å². The second-order valence-electron chi connectivity index (χ2n) is 3.96. The van der Waals surface area contributed by atoms with Crippen LogP contribution >= 0.6 is 0 Å². The fourth-order valence-electron chi connectivity index (χ4n) is 1.35. The summed E-state index contributed by atoms with van der Waals surface area (Å²) in [5.74, 6) is 0.720. The summed E-state index contributed by atoms with van der Waals surface area (Å²) < 4.78 is 41.3. The molecule has 0 radical (unpaired) electrons. The summed E-state index contributed by atoms with van der Waals surface area (Å²) >= 11 is 0. The highest BCUT2D eigenvalue weighted by Gasteiger charge is 2.27. The molecular formula is C11H17F3N2O. The molecule has 0 aliphatic rings. The van der Waals surface area contributed by atoms with E-state index in [-0.39, 0.29) is 18.2 Å². The molecule has 1 unspecified atom stereocenters. The maximum Gasteiger partial charge on any atom is 0.389 e. The largest absolute Gasteiger partial charge is 0.444 e. The molecule has 1 aromatic heterocycles. The fraction of sp³-hybridized carbons (Fsp3) is 0.727. The van der Waals surface area contributed by atoms with Crippen molar-refractivity contribution in [1.82, 2.24) is 10.3 Å². The minimum Gasteiger partial charge on any atom is -0.444 e. The standard InChI is InChI=1S/C11H17F3N2O/c1-3-6-15-8(2)10-16-7-9(17-10)4-5-11(12,13)14/h7-8,15H,3-6H2,1-2H3. The Bertz CT molecular complexity index is 336. The van der Waals surface area contributed by atoms with Gasteiger partial charge in [0.05, 0.1) is 18.7 Å². The molecule has 0 amide bonds. The van der Waals surface area contributed by atoms with Gasteiger partial charge in [0.15, 0.2) is 0 Å². The molecule has 98 valence electrons. The number of nitrogens with one attached hydrogen (secondary N) is 1. The molecule has 6 heteroatoms. The van der Waals surface area contributed by atoms with Crippen molar-refractivity contribution in [3.63, 3.8) is 0 Å². The van der Waals surface area contributed by atoms with E-state index < -0.39 is 12.6 Å². The molecule has 1 atom stereocenters. The molecule has 0 aromatic carbocycles. The zero-order valence-electron chi connectivity index (χ0n) is 9.97. The van der Waals surface area contributed by atoms with Crippen molar-refractivity contribution in [2.75, 3.05) is 6.54 Å². The van der Waals surface area contributed by atoms with Crippen LogP contribution in [0.3, 0.4) is 0 Å². The van der Waals surface area contributed by atoms with Crippen LogP contribution in [0.4, 0.5) is 13.2 Å². The lowest BCUT2D eigenvalue weighted by atomic mass is 10.2. The van der Waals surface area contributed by atoms with E-state index in [0.29, 0.717) is 5.89 Å². The molecule has 1 aromatic rings. The first-order chi connectivity index (χ1) is 7.92. The first kappa shape index (κ1) is 14.0. The van der Waals surface area contributed by atoms with Crippen LogP contribution in [0, 0.1) is 0 Å². The highest BCUT2D eigenvalue weighted by molar-refractivity contribution is 4.97. The van der Waals surface area contributed by atoms with E-state index in [4.69, 9.17) is 4.42 Å². The van der Waals surface area contributed by atoms with Gasteiger partial charge in [-0.15, -0.1) is 0 Å². The van der Waals surface area contributed by atoms with Gasteiger partial charge < -0.3 is 9.73 Å². The summed E-state index contributed by atoms with van der Waals surface area (Å²) in [6, 6.07) is -0.0745. The van der Waals surface area contributed by atoms with Crippen molar-refractivity contribution in [2.24, 2.45) is 0 Å². The van der Waals surface area contributed by atoms with Gasteiger partial charge in [-0.2, -0.15) is 13.2 Å². The lowest BCUT2D eigenvalue weighted by molar-refractivity contribution is -0.134. The smallest absolute Gasteiger partial charge is 0.389 e. The van der Waals surface area contributed by atoms with Crippen LogP contribution in [0.25, 0.3) is 0 Å². The Kier molecular flexibility index (Phi) is 4.99. The number of rotatable bonds is 6. The average molecular weight is 250 g/mol. The van der Waals surface area contributed by atoms with Gasteiger partial charge in [0.2, 0.25) is 5.89 Å². The lowest BCUT2D eigenvalue weighted by Gasteiger charge is -2.08. The first-order valence-electron chi connectivity index (χ1n) is 5.67. The average Bonchev–Trinajstić information content (AvgIpc) is 2.70. The van der Waals surface area contributed by atoms with Crippen LogP contribution in [-0.4, -0.2) is 17.7 Å². The Morgan fingerprint density at radius 3 is 2.76 bits per heavy atom. The zero-order valence-corrected chi connectivity index (χ0v) is 9.97. The van der Waals surface area contributed by atoms with Crippen molar-refractivity contribution in [3.05, 3.63) is 17.8 Å². The van der Waals surface area contributed by atoms with E-state index in [1.54, 1.807) is 0 Å².